The number of sulfonamides is 1. The molecule has 1 saturated heterocycles. The van der Waals surface area contributed by atoms with E-state index >= 15 is 0 Å². The molecule has 1 aliphatic rings. The van der Waals surface area contributed by atoms with Crippen LogP contribution in [-0.4, -0.2) is 59.9 Å². The number of nitrogens with two attached hydrogens (primary N) is 2. The van der Waals surface area contributed by atoms with Gasteiger partial charge in [-0.25, -0.2) is 31.5 Å². The normalized spacial score (nSPS) is 15.0. The minimum Gasteiger partial charge on any atom is -0.383 e. The molecule has 0 spiro atoms. The van der Waals surface area contributed by atoms with Crippen molar-refractivity contribution >= 4 is 43.9 Å². The number of ketones is 1. The number of hydrogen-bond donors (Lipinski definition) is 4. The maximum absolute atomic E-state index is 14.0. The zero-order valence-corrected chi connectivity index (χ0v) is 22.1. The molecule has 3 heterocycles. The number of pyridine rings is 1. The number of nitrogens with zero attached hydrogens (tertiary/aromatic N) is 3. The molecule has 1 aromatic carbocycles. The van der Waals surface area contributed by atoms with Gasteiger partial charge in [-0.3, -0.25) is 4.79 Å². The molecule has 14 heteroatoms. The molecule has 204 valence electrons. The van der Waals surface area contributed by atoms with E-state index in [0.717, 1.165) is 29.0 Å². The standard InChI is InChI=1S/C24H29F2N7O3S2/c25-17-5-1-6-18(26)19(17)20(34)21-23(28)32-24(37-21)31-16-7-11-33(12-8-16)38(35,36)13-3-9-29-14-15-4-2-10-30-22(15)27/h1-2,4-6,10,16,29H,3,7-9,11-14,28H2,(H2,27,30)(H,31,32). The Balaban J connectivity index is 1.25. The van der Waals surface area contributed by atoms with Gasteiger partial charge in [0.25, 0.3) is 0 Å². The molecule has 0 saturated carbocycles. The summed E-state index contributed by atoms with van der Waals surface area (Å²) in [5.41, 5.74) is 11.9. The number of benzene rings is 1. The first-order chi connectivity index (χ1) is 18.2. The average molecular weight is 566 g/mol. The van der Waals surface area contributed by atoms with Gasteiger partial charge >= 0.3 is 0 Å². The Labute approximate surface area is 223 Å². The topological polar surface area (TPSA) is 156 Å². The monoisotopic (exact) mass is 565 g/mol. The second-order valence-corrected chi connectivity index (χ2v) is 12.0. The number of carbonyl (C=O) groups is 1. The molecular weight excluding hydrogens is 536 g/mol. The number of halogens is 2. The zero-order chi connectivity index (χ0) is 27.3. The number of aromatic nitrogens is 2. The van der Waals surface area contributed by atoms with Gasteiger partial charge in [-0.15, -0.1) is 0 Å². The second-order valence-electron chi connectivity index (χ2n) is 8.87. The first-order valence-electron chi connectivity index (χ1n) is 12.0. The lowest BCUT2D eigenvalue weighted by atomic mass is 10.1. The van der Waals surface area contributed by atoms with E-state index in [-0.39, 0.29) is 22.5 Å². The van der Waals surface area contributed by atoms with Gasteiger partial charge < -0.3 is 22.1 Å². The minimum absolute atomic E-state index is 0.0295. The van der Waals surface area contributed by atoms with Crippen LogP contribution in [0.1, 0.15) is 40.1 Å². The van der Waals surface area contributed by atoms with Crippen molar-refractivity contribution in [3.63, 3.8) is 0 Å². The summed E-state index contributed by atoms with van der Waals surface area (Å²) in [7, 11) is -3.41. The highest BCUT2D eigenvalue weighted by molar-refractivity contribution is 7.89. The molecule has 1 aliphatic heterocycles. The number of piperidine rings is 1. The quantitative estimate of drug-likeness (QED) is 0.203. The lowest BCUT2D eigenvalue weighted by Crippen LogP contribution is -2.43. The Hall–Kier alpha value is -3.20. The van der Waals surface area contributed by atoms with Crippen molar-refractivity contribution in [1.82, 2.24) is 19.6 Å². The predicted molar refractivity (Wildman–Crippen MR) is 143 cm³/mol. The van der Waals surface area contributed by atoms with Gasteiger partial charge in [-0.2, -0.15) is 0 Å². The lowest BCUT2D eigenvalue weighted by Gasteiger charge is -2.31. The Bertz CT molecular complexity index is 1370. The van der Waals surface area contributed by atoms with Crippen molar-refractivity contribution in [2.45, 2.75) is 31.8 Å². The molecule has 0 atom stereocenters. The van der Waals surface area contributed by atoms with Crippen molar-refractivity contribution in [2.75, 3.05) is 42.2 Å². The molecule has 6 N–H and O–H groups in total. The smallest absolute Gasteiger partial charge is 0.214 e. The third-order valence-electron chi connectivity index (χ3n) is 6.22. The van der Waals surface area contributed by atoms with Crippen molar-refractivity contribution < 1.29 is 22.0 Å². The van der Waals surface area contributed by atoms with E-state index < -0.39 is 33.0 Å². The van der Waals surface area contributed by atoms with Gasteiger partial charge in [-0.1, -0.05) is 23.5 Å². The molecule has 3 aromatic rings. The largest absolute Gasteiger partial charge is 0.383 e. The Kier molecular flexibility index (Phi) is 8.87. The van der Waals surface area contributed by atoms with Gasteiger partial charge in [0.05, 0.1) is 11.3 Å². The molecule has 4 rings (SSSR count). The second kappa shape index (κ2) is 12.1. The number of anilines is 3. The molecule has 0 unspecified atom stereocenters. The first kappa shape index (κ1) is 27.8. The molecule has 2 aromatic heterocycles. The fraction of sp³-hybridized carbons (Fsp3) is 0.375. The van der Waals surface area contributed by atoms with Gasteiger partial charge in [-0.05, 0) is 44.0 Å². The number of hydrogen-bond acceptors (Lipinski definition) is 10. The molecule has 0 radical (unpaired) electrons. The summed E-state index contributed by atoms with van der Waals surface area (Å²) < 4.78 is 55.1. The van der Waals surface area contributed by atoms with Crippen molar-refractivity contribution in [3.05, 3.63) is 64.2 Å². The summed E-state index contributed by atoms with van der Waals surface area (Å²) in [6.45, 7) is 1.72. The zero-order valence-electron chi connectivity index (χ0n) is 20.5. The Morgan fingerprint density at radius 1 is 1.11 bits per heavy atom. The van der Waals surface area contributed by atoms with Gasteiger partial charge in [0.2, 0.25) is 15.8 Å². The van der Waals surface area contributed by atoms with Crippen LogP contribution in [0.15, 0.2) is 36.5 Å². The summed E-state index contributed by atoms with van der Waals surface area (Å²) in [6.07, 6.45) is 3.13. The van der Waals surface area contributed by atoms with Crippen molar-refractivity contribution in [3.8, 4) is 0 Å². The van der Waals surface area contributed by atoms with Crippen LogP contribution in [0, 0.1) is 11.6 Å². The summed E-state index contributed by atoms with van der Waals surface area (Å²) in [5.74, 6) is -2.46. The van der Waals surface area contributed by atoms with Crippen LogP contribution < -0.4 is 22.1 Å². The van der Waals surface area contributed by atoms with Crippen LogP contribution in [-0.2, 0) is 16.6 Å². The summed E-state index contributed by atoms with van der Waals surface area (Å²) in [6, 6.07) is 6.76. The molecule has 1 fully saturated rings. The first-order valence-corrected chi connectivity index (χ1v) is 14.5. The SMILES string of the molecule is Nc1ncccc1CNCCCS(=O)(=O)N1CCC(Nc2nc(N)c(C(=O)c3c(F)cccc3F)s2)CC1. The highest BCUT2D eigenvalue weighted by atomic mass is 32.2. The van der Waals surface area contributed by atoms with Crippen LogP contribution in [0.2, 0.25) is 0 Å². The molecule has 0 aliphatic carbocycles. The number of nitrogens with one attached hydrogen (secondary N) is 2. The van der Waals surface area contributed by atoms with E-state index in [1.807, 2.05) is 6.07 Å². The van der Waals surface area contributed by atoms with Gasteiger partial charge in [0.1, 0.15) is 28.1 Å². The van der Waals surface area contributed by atoms with E-state index in [1.54, 1.807) is 12.3 Å². The molecular formula is C24H29F2N7O3S2. The number of rotatable bonds is 11. The minimum atomic E-state index is -3.41. The molecule has 0 amide bonds. The number of nitrogen functional groups attached to an aromatic ring is 2. The summed E-state index contributed by atoms with van der Waals surface area (Å²) in [5, 5.41) is 6.70. The predicted octanol–water partition coefficient (Wildman–Crippen LogP) is 2.60. The third-order valence-corrected chi connectivity index (χ3v) is 9.18. The van der Waals surface area contributed by atoms with Crippen molar-refractivity contribution in [2.24, 2.45) is 0 Å². The number of carbonyl (C=O) groups excluding carboxylic acids is 1. The van der Waals surface area contributed by atoms with Crippen LogP contribution in [0.3, 0.4) is 0 Å². The Morgan fingerprint density at radius 2 is 1.82 bits per heavy atom. The van der Waals surface area contributed by atoms with E-state index in [2.05, 4.69) is 20.6 Å². The molecule has 38 heavy (non-hydrogen) atoms. The van der Waals surface area contributed by atoms with Crippen LogP contribution in [0.25, 0.3) is 0 Å². The van der Waals surface area contributed by atoms with Gasteiger partial charge in [0.15, 0.2) is 5.13 Å². The van der Waals surface area contributed by atoms with Crippen LogP contribution in [0.5, 0.6) is 0 Å². The Morgan fingerprint density at radius 3 is 2.50 bits per heavy atom. The van der Waals surface area contributed by atoms with E-state index in [9.17, 15) is 22.0 Å². The van der Waals surface area contributed by atoms with Crippen LogP contribution in [0.4, 0.5) is 25.5 Å². The average Bonchev–Trinajstić information content (AvgIpc) is 3.24. The van der Waals surface area contributed by atoms with Crippen molar-refractivity contribution in [1.29, 1.82) is 0 Å². The maximum Gasteiger partial charge on any atom is 0.214 e. The van der Waals surface area contributed by atoms with E-state index in [4.69, 9.17) is 11.5 Å². The van der Waals surface area contributed by atoms with E-state index in [0.29, 0.717) is 56.4 Å². The fourth-order valence-electron chi connectivity index (χ4n) is 4.17. The highest BCUT2D eigenvalue weighted by Crippen LogP contribution is 2.30. The number of thiazole rings is 1. The lowest BCUT2D eigenvalue weighted by molar-refractivity contribution is 0.103. The highest BCUT2D eigenvalue weighted by Gasteiger charge is 2.29. The fourth-order valence-corrected chi connectivity index (χ4v) is 6.61. The third kappa shape index (κ3) is 6.62. The summed E-state index contributed by atoms with van der Waals surface area (Å²) >= 11 is 0.914. The maximum atomic E-state index is 14.0. The van der Waals surface area contributed by atoms with E-state index in [1.165, 1.54) is 10.4 Å². The van der Waals surface area contributed by atoms with Gasteiger partial charge in [0, 0.05) is 37.4 Å². The summed E-state index contributed by atoms with van der Waals surface area (Å²) in [4.78, 5) is 20.8. The molecule has 10 nitrogen and oxygen atoms in total. The molecule has 0 bridgehead atoms. The van der Waals surface area contributed by atoms with Crippen LogP contribution >= 0.6 is 11.3 Å².